The lowest BCUT2D eigenvalue weighted by Crippen LogP contribution is -2.17. The molecule has 0 unspecified atom stereocenters. The molecule has 2 aromatic heterocycles. The van der Waals surface area contributed by atoms with Crippen molar-refractivity contribution in [2.24, 2.45) is 0 Å². The van der Waals surface area contributed by atoms with Crippen molar-refractivity contribution in [3.8, 4) is 22.8 Å². The maximum absolute atomic E-state index is 12.2. The molecule has 0 fully saturated rings. The van der Waals surface area contributed by atoms with E-state index in [0.29, 0.717) is 17.8 Å². The molecule has 1 N–H and O–H groups in total. The van der Waals surface area contributed by atoms with E-state index >= 15 is 0 Å². The van der Waals surface area contributed by atoms with Crippen molar-refractivity contribution in [2.75, 3.05) is 0 Å². The highest BCUT2D eigenvalue weighted by molar-refractivity contribution is 5.96. The van der Waals surface area contributed by atoms with Gasteiger partial charge in [-0.2, -0.15) is 0 Å². The molecule has 0 bridgehead atoms. The van der Waals surface area contributed by atoms with Gasteiger partial charge in [-0.15, -0.1) is 18.3 Å². The average Bonchev–Trinajstić information content (AvgIpc) is 3.11. The standard InChI is InChI=1S/C19H13F3N4O2/c20-19(21,22)28-13-5-3-12(4-6-13)10-26-11-16(24-25-26)14-7-8-17(27)18-15(14)2-1-9-23-18/h1-9,11,27H,10H2. The molecule has 0 aliphatic carbocycles. The number of phenolic OH excluding ortho intramolecular Hbond substituents is 1. The Morgan fingerprint density at radius 1 is 1.04 bits per heavy atom. The van der Waals surface area contributed by atoms with Gasteiger partial charge in [0.2, 0.25) is 0 Å². The van der Waals surface area contributed by atoms with Crippen LogP contribution in [-0.2, 0) is 6.54 Å². The van der Waals surface area contributed by atoms with Crippen LogP contribution in [0.2, 0.25) is 0 Å². The van der Waals surface area contributed by atoms with E-state index in [1.54, 1.807) is 35.3 Å². The Morgan fingerprint density at radius 2 is 1.82 bits per heavy atom. The van der Waals surface area contributed by atoms with Crippen LogP contribution < -0.4 is 4.74 Å². The van der Waals surface area contributed by atoms with E-state index in [-0.39, 0.29) is 11.5 Å². The van der Waals surface area contributed by atoms with E-state index in [1.807, 2.05) is 6.07 Å². The number of alkyl halides is 3. The van der Waals surface area contributed by atoms with Gasteiger partial charge < -0.3 is 9.84 Å². The summed E-state index contributed by atoms with van der Waals surface area (Å²) < 4.78 is 42.1. The summed E-state index contributed by atoms with van der Waals surface area (Å²) >= 11 is 0. The monoisotopic (exact) mass is 386 g/mol. The van der Waals surface area contributed by atoms with E-state index in [1.165, 1.54) is 24.3 Å². The minimum absolute atomic E-state index is 0.0768. The van der Waals surface area contributed by atoms with Gasteiger partial charge in [0.05, 0.1) is 12.7 Å². The quantitative estimate of drug-likeness (QED) is 0.571. The first-order valence-corrected chi connectivity index (χ1v) is 8.21. The van der Waals surface area contributed by atoms with Crippen molar-refractivity contribution in [3.63, 3.8) is 0 Å². The second kappa shape index (κ2) is 6.84. The molecule has 28 heavy (non-hydrogen) atoms. The van der Waals surface area contributed by atoms with Crippen LogP contribution in [0.1, 0.15) is 5.56 Å². The van der Waals surface area contributed by atoms with Crippen LogP contribution in [0.4, 0.5) is 13.2 Å². The first-order chi connectivity index (χ1) is 13.4. The van der Waals surface area contributed by atoms with Gasteiger partial charge in [0, 0.05) is 17.1 Å². The Morgan fingerprint density at radius 3 is 2.57 bits per heavy atom. The zero-order chi connectivity index (χ0) is 19.7. The number of rotatable bonds is 4. The van der Waals surface area contributed by atoms with Gasteiger partial charge in [0.1, 0.15) is 22.7 Å². The lowest BCUT2D eigenvalue weighted by Gasteiger charge is -2.09. The van der Waals surface area contributed by atoms with Gasteiger partial charge in [0.25, 0.3) is 0 Å². The van der Waals surface area contributed by atoms with Crippen molar-refractivity contribution < 1.29 is 23.0 Å². The molecule has 0 aliphatic rings. The Labute approximate surface area is 156 Å². The van der Waals surface area contributed by atoms with Gasteiger partial charge in [-0.25, -0.2) is 4.68 Å². The highest BCUT2D eigenvalue weighted by Crippen LogP contribution is 2.31. The van der Waals surface area contributed by atoms with Crippen molar-refractivity contribution in [1.82, 2.24) is 20.0 Å². The highest BCUT2D eigenvalue weighted by atomic mass is 19.4. The molecule has 9 heteroatoms. The predicted octanol–water partition coefficient (Wildman–Crippen LogP) is 4.15. The van der Waals surface area contributed by atoms with E-state index in [9.17, 15) is 18.3 Å². The number of hydrogen-bond donors (Lipinski definition) is 1. The maximum atomic E-state index is 12.2. The van der Waals surface area contributed by atoms with E-state index in [0.717, 1.165) is 16.5 Å². The Balaban J connectivity index is 1.57. The van der Waals surface area contributed by atoms with Crippen molar-refractivity contribution in [3.05, 3.63) is 66.5 Å². The van der Waals surface area contributed by atoms with E-state index in [4.69, 9.17) is 0 Å². The molecule has 4 rings (SSSR count). The number of hydrogen-bond acceptors (Lipinski definition) is 5. The van der Waals surface area contributed by atoms with Crippen LogP contribution in [0.3, 0.4) is 0 Å². The number of ether oxygens (including phenoxy) is 1. The fraction of sp³-hybridized carbons (Fsp3) is 0.105. The lowest BCUT2D eigenvalue weighted by molar-refractivity contribution is -0.274. The molecule has 6 nitrogen and oxygen atoms in total. The molecule has 2 heterocycles. The average molecular weight is 386 g/mol. The molecule has 0 spiro atoms. The number of fused-ring (bicyclic) bond motifs is 1. The summed E-state index contributed by atoms with van der Waals surface area (Å²) in [6, 6.07) is 12.4. The summed E-state index contributed by atoms with van der Waals surface area (Å²) in [5, 5.41) is 18.9. The molecule has 0 aliphatic heterocycles. The second-order valence-corrected chi connectivity index (χ2v) is 6.02. The fourth-order valence-electron chi connectivity index (χ4n) is 2.86. The first-order valence-electron chi connectivity index (χ1n) is 8.21. The zero-order valence-electron chi connectivity index (χ0n) is 14.3. The smallest absolute Gasteiger partial charge is 0.506 e. The number of phenols is 1. The van der Waals surface area contributed by atoms with Crippen LogP contribution >= 0.6 is 0 Å². The minimum Gasteiger partial charge on any atom is -0.506 e. The highest BCUT2D eigenvalue weighted by Gasteiger charge is 2.30. The third kappa shape index (κ3) is 3.73. The summed E-state index contributed by atoms with van der Waals surface area (Å²) in [6.45, 7) is 0.327. The Kier molecular flexibility index (Phi) is 4.34. The van der Waals surface area contributed by atoms with Crippen LogP contribution in [0.5, 0.6) is 11.5 Å². The minimum atomic E-state index is -4.72. The summed E-state index contributed by atoms with van der Waals surface area (Å²) in [5.41, 5.74) is 2.56. The third-order valence-electron chi connectivity index (χ3n) is 4.06. The van der Waals surface area contributed by atoms with E-state index < -0.39 is 6.36 Å². The van der Waals surface area contributed by atoms with Crippen LogP contribution in [0, 0.1) is 0 Å². The topological polar surface area (TPSA) is 73.1 Å². The molecular formula is C19H13F3N4O2. The number of aromatic hydroxyl groups is 1. The van der Waals surface area contributed by atoms with Crippen molar-refractivity contribution in [2.45, 2.75) is 12.9 Å². The molecule has 0 radical (unpaired) electrons. The zero-order valence-corrected chi connectivity index (χ0v) is 14.3. The molecule has 4 aromatic rings. The lowest BCUT2D eigenvalue weighted by atomic mass is 10.1. The fourth-order valence-corrected chi connectivity index (χ4v) is 2.86. The SMILES string of the molecule is Oc1ccc(-c2cn(Cc3ccc(OC(F)(F)F)cc3)nn2)c2cccnc12. The number of nitrogens with zero attached hydrogens (tertiary/aromatic N) is 4. The van der Waals surface area contributed by atoms with Gasteiger partial charge in [-0.05, 0) is 35.9 Å². The van der Waals surface area contributed by atoms with Crippen molar-refractivity contribution >= 4 is 10.9 Å². The predicted molar refractivity (Wildman–Crippen MR) is 94.7 cm³/mol. The van der Waals surface area contributed by atoms with Crippen LogP contribution in [0.15, 0.2) is 60.9 Å². The molecule has 0 atom stereocenters. The number of aromatic nitrogens is 4. The molecule has 0 saturated carbocycles. The van der Waals surface area contributed by atoms with Gasteiger partial charge in [0.15, 0.2) is 0 Å². The first kappa shape index (κ1) is 17.8. The number of benzene rings is 2. The Bertz CT molecular complexity index is 1120. The van der Waals surface area contributed by atoms with Gasteiger partial charge in [-0.3, -0.25) is 4.98 Å². The molecule has 2 aromatic carbocycles. The van der Waals surface area contributed by atoms with Crippen LogP contribution in [0.25, 0.3) is 22.2 Å². The summed E-state index contributed by atoms with van der Waals surface area (Å²) in [4.78, 5) is 4.18. The Hall–Kier alpha value is -3.62. The van der Waals surface area contributed by atoms with Crippen LogP contribution in [-0.4, -0.2) is 31.4 Å². The molecule has 0 saturated heterocycles. The third-order valence-corrected chi connectivity index (χ3v) is 4.06. The van der Waals surface area contributed by atoms with Crippen molar-refractivity contribution in [1.29, 1.82) is 0 Å². The van der Waals surface area contributed by atoms with E-state index in [2.05, 4.69) is 20.0 Å². The molecule has 142 valence electrons. The molecule has 0 amide bonds. The number of pyridine rings is 1. The summed E-state index contributed by atoms with van der Waals surface area (Å²) in [5.74, 6) is -0.202. The normalized spacial score (nSPS) is 11.7. The molecular weight excluding hydrogens is 373 g/mol. The summed E-state index contributed by atoms with van der Waals surface area (Å²) in [6.07, 6.45) is -1.40. The number of halogens is 3. The maximum Gasteiger partial charge on any atom is 0.573 e. The van der Waals surface area contributed by atoms with Gasteiger partial charge in [-0.1, -0.05) is 23.4 Å². The second-order valence-electron chi connectivity index (χ2n) is 6.02. The van der Waals surface area contributed by atoms with Gasteiger partial charge >= 0.3 is 6.36 Å². The largest absolute Gasteiger partial charge is 0.573 e. The summed E-state index contributed by atoms with van der Waals surface area (Å²) in [7, 11) is 0.